The van der Waals surface area contributed by atoms with Gasteiger partial charge >= 0.3 is 0 Å². The number of nitrogens with one attached hydrogen (secondary N) is 1. The van der Waals surface area contributed by atoms with Crippen molar-refractivity contribution in [3.63, 3.8) is 0 Å². The van der Waals surface area contributed by atoms with Crippen molar-refractivity contribution < 1.29 is 0 Å². The largest absolute Gasteiger partial charge is 0.351 e. The maximum atomic E-state index is 4.29. The van der Waals surface area contributed by atoms with Gasteiger partial charge in [-0.05, 0) is 31.0 Å². The zero-order valence-corrected chi connectivity index (χ0v) is 12.2. The fourth-order valence-electron chi connectivity index (χ4n) is 1.62. The van der Waals surface area contributed by atoms with E-state index >= 15 is 0 Å². The topological polar surface area (TPSA) is 37.8 Å². The van der Waals surface area contributed by atoms with E-state index in [2.05, 4.69) is 46.5 Å². The molecule has 0 bridgehead atoms. The summed E-state index contributed by atoms with van der Waals surface area (Å²) in [6.45, 7) is 4.17. The molecule has 0 saturated carbocycles. The second-order valence-electron chi connectivity index (χ2n) is 4.46. The van der Waals surface area contributed by atoms with Gasteiger partial charge < -0.3 is 5.32 Å². The fraction of sp³-hybridized carbons (Fsp3) is 0.333. The van der Waals surface area contributed by atoms with Crippen LogP contribution < -0.4 is 5.32 Å². The number of aryl methyl sites for hydroxylation is 1. The van der Waals surface area contributed by atoms with Crippen LogP contribution >= 0.6 is 11.8 Å². The summed E-state index contributed by atoms with van der Waals surface area (Å²) in [4.78, 5) is 9.88. The van der Waals surface area contributed by atoms with Crippen molar-refractivity contribution in [3.8, 4) is 0 Å². The Morgan fingerprint density at radius 2 is 1.84 bits per heavy atom. The second-order valence-corrected chi connectivity index (χ2v) is 5.55. The third-order valence-corrected chi connectivity index (χ3v) is 3.98. The Morgan fingerprint density at radius 1 is 1.16 bits per heavy atom. The summed E-state index contributed by atoms with van der Waals surface area (Å²) in [5.41, 5.74) is 1.08. The van der Waals surface area contributed by atoms with Crippen molar-refractivity contribution >= 4 is 17.7 Å². The van der Waals surface area contributed by atoms with Gasteiger partial charge in [0.1, 0.15) is 0 Å². The highest BCUT2D eigenvalue weighted by Crippen LogP contribution is 2.19. The van der Waals surface area contributed by atoms with E-state index in [0.29, 0.717) is 12.0 Å². The van der Waals surface area contributed by atoms with Crippen LogP contribution in [0.4, 0.5) is 5.95 Å². The predicted molar refractivity (Wildman–Crippen MR) is 81.6 cm³/mol. The van der Waals surface area contributed by atoms with Crippen LogP contribution in [-0.4, -0.2) is 21.8 Å². The van der Waals surface area contributed by atoms with Crippen LogP contribution in [0.2, 0.25) is 0 Å². The van der Waals surface area contributed by atoms with E-state index in [1.807, 2.05) is 37.1 Å². The van der Waals surface area contributed by atoms with Gasteiger partial charge in [0, 0.05) is 29.1 Å². The molecule has 100 valence electrons. The summed E-state index contributed by atoms with van der Waals surface area (Å²) < 4.78 is 0. The van der Waals surface area contributed by atoms with Gasteiger partial charge in [0.15, 0.2) is 0 Å². The Morgan fingerprint density at radius 3 is 2.47 bits per heavy atom. The number of hydrogen-bond donors (Lipinski definition) is 1. The van der Waals surface area contributed by atoms with Gasteiger partial charge in [-0.25, -0.2) is 9.97 Å². The molecule has 0 fully saturated rings. The average Bonchev–Trinajstić information content (AvgIpc) is 2.46. The number of thioether (sulfide) groups is 1. The van der Waals surface area contributed by atoms with Gasteiger partial charge in [0.05, 0.1) is 0 Å². The Balaban J connectivity index is 1.88. The Bertz CT molecular complexity index is 485. The van der Waals surface area contributed by atoms with E-state index in [9.17, 15) is 0 Å². The first kappa shape index (κ1) is 13.9. The van der Waals surface area contributed by atoms with E-state index in [0.717, 1.165) is 17.7 Å². The normalized spacial score (nSPS) is 12.1. The molecule has 3 nitrogen and oxygen atoms in total. The molecule has 1 atom stereocenters. The molecule has 0 radical (unpaired) electrons. The molecule has 0 aliphatic carbocycles. The summed E-state index contributed by atoms with van der Waals surface area (Å²) >= 11 is 1.86. The molecule has 1 unspecified atom stereocenters. The minimum absolute atomic E-state index is 0.382. The van der Waals surface area contributed by atoms with E-state index in [4.69, 9.17) is 0 Å². The van der Waals surface area contributed by atoms with Crippen LogP contribution in [0.3, 0.4) is 0 Å². The van der Waals surface area contributed by atoms with Crippen molar-refractivity contribution in [3.05, 3.63) is 48.3 Å². The molecule has 0 aliphatic rings. The van der Waals surface area contributed by atoms with Crippen LogP contribution in [0.1, 0.15) is 18.9 Å². The number of anilines is 1. The lowest BCUT2D eigenvalue weighted by Crippen LogP contribution is -2.22. The van der Waals surface area contributed by atoms with Crippen molar-refractivity contribution in [2.75, 3.05) is 11.1 Å². The zero-order valence-electron chi connectivity index (χ0n) is 11.3. The van der Waals surface area contributed by atoms with Gasteiger partial charge in [-0.15, -0.1) is 11.8 Å². The van der Waals surface area contributed by atoms with Gasteiger partial charge in [0.25, 0.3) is 0 Å². The molecule has 0 aliphatic heterocycles. The Hall–Kier alpha value is -1.55. The molecule has 1 aromatic heterocycles. The molecule has 0 spiro atoms. The molecule has 0 saturated heterocycles. The van der Waals surface area contributed by atoms with Crippen molar-refractivity contribution in [1.29, 1.82) is 0 Å². The molecule has 2 aromatic rings. The lowest BCUT2D eigenvalue weighted by molar-refractivity contribution is 0.762. The number of nitrogens with zero attached hydrogens (tertiary/aromatic N) is 2. The predicted octanol–water partition coefficient (Wildman–Crippen LogP) is 3.77. The Kier molecular flexibility index (Phi) is 5.21. The highest BCUT2D eigenvalue weighted by Gasteiger charge is 2.08. The molecule has 1 heterocycles. The maximum Gasteiger partial charge on any atom is 0.222 e. The summed E-state index contributed by atoms with van der Waals surface area (Å²) in [5.74, 6) is 1.73. The third kappa shape index (κ3) is 4.56. The van der Waals surface area contributed by atoms with E-state index in [-0.39, 0.29) is 0 Å². The molecule has 1 N–H and O–H groups in total. The minimum atomic E-state index is 0.382. The first-order valence-corrected chi connectivity index (χ1v) is 7.49. The van der Waals surface area contributed by atoms with Crippen LogP contribution in [-0.2, 0) is 0 Å². The highest BCUT2D eigenvalue weighted by molar-refractivity contribution is 7.99. The van der Waals surface area contributed by atoms with Gasteiger partial charge in [-0.3, -0.25) is 0 Å². The van der Waals surface area contributed by atoms with Crippen LogP contribution in [0.5, 0.6) is 0 Å². The molecule has 4 heteroatoms. The monoisotopic (exact) mass is 273 g/mol. The quantitative estimate of drug-likeness (QED) is 0.813. The maximum absolute atomic E-state index is 4.29. The molecule has 1 aromatic carbocycles. The molecule has 19 heavy (non-hydrogen) atoms. The third-order valence-electron chi connectivity index (χ3n) is 2.80. The second kappa shape index (κ2) is 7.14. The van der Waals surface area contributed by atoms with E-state index in [1.165, 1.54) is 4.90 Å². The summed E-state index contributed by atoms with van der Waals surface area (Å²) in [6.07, 6.45) is 4.73. The van der Waals surface area contributed by atoms with Gasteiger partial charge in [0.2, 0.25) is 5.95 Å². The van der Waals surface area contributed by atoms with E-state index < -0.39 is 0 Å². The standard InChI is InChI=1S/C15H19N3S/c1-3-13(11-19-14-7-5-4-6-8-14)18-15-16-9-12(2)10-17-15/h4-10,13H,3,11H2,1-2H3,(H,16,17,18). The number of hydrogen-bond acceptors (Lipinski definition) is 4. The Labute approximate surface area is 118 Å². The molecular formula is C15H19N3S. The minimum Gasteiger partial charge on any atom is -0.351 e. The first-order valence-electron chi connectivity index (χ1n) is 6.51. The lowest BCUT2D eigenvalue weighted by atomic mass is 10.3. The molecule has 2 rings (SSSR count). The zero-order chi connectivity index (χ0) is 13.5. The lowest BCUT2D eigenvalue weighted by Gasteiger charge is -2.16. The summed E-state index contributed by atoms with van der Waals surface area (Å²) in [5, 5.41) is 3.38. The average molecular weight is 273 g/mol. The molecule has 0 amide bonds. The summed E-state index contributed by atoms with van der Waals surface area (Å²) in [7, 11) is 0. The molecular weight excluding hydrogens is 254 g/mol. The first-order chi connectivity index (χ1) is 9.28. The SMILES string of the molecule is CCC(CSc1ccccc1)Nc1ncc(C)cn1. The van der Waals surface area contributed by atoms with Gasteiger partial charge in [-0.1, -0.05) is 25.1 Å². The van der Waals surface area contributed by atoms with E-state index in [1.54, 1.807) is 0 Å². The van der Waals surface area contributed by atoms with Crippen LogP contribution in [0, 0.1) is 6.92 Å². The van der Waals surface area contributed by atoms with Crippen molar-refractivity contribution in [1.82, 2.24) is 9.97 Å². The van der Waals surface area contributed by atoms with Crippen molar-refractivity contribution in [2.24, 2.45) is 0 Å². The smallest absolute Gasteiger partial charge is 0.222 e. The van der Waals surface area contributed by atoms with Gasteiger partial charge in [-0.2, -0.15) is 0 Å². The highest BCUT2D eigenvalue weighted by atomic mass is 32.2. The van der Waals surface area contributed by atoms with Crippen molar-refractivity contribution in [2.45, 2.75) is 31.2 Å². The van der Waals surface area contributed by atoms with Crippen LogP contribution in [0.15, 0.2) is 47.6 Å². The number of rotatable bonds is 6. The number of benzene rings is 1. The number of aromatic nitrogens is 2. The summed E-state index contributed by atoms with van der Waals surface area (Å²) in [6, 6.07) is 10.8. The van der Waals surface area contributed by atoms with Crippen LogP contribution in [0.25, 0.3) is 0 Å². The fourth-order valence-corrected chi connectivity index (χ4v) is 2.69.